The molecule has 3 aromatic carbocycles. The van der Waals surface area contributed by atoms with Gasteiger partial charge in [0.25, 0.3) is 0 Å². The maximum absolute atomic E-state index is 4.94. The molecule has 0 radical (unpaired) electrons. The van der Waals surface area contributed by atoms with Crippen LogP contribution in [0.3, 0.4) is 0 Å². The fourth-order valence-electron chi connectivity index (χ4n) is 4.09. The zero-order valence-electron chi connectivity index (χ0n) is 16.0. The molecule has 0 saturated heterocycles. The molecule has 0 atom stereocenters. The van der Waals surface area contributed by atoms with E-state index in [2.05, 4.69) is 96.6 Å². The monoisotopic (exact) mass is 362 g/mol. The van der Waals surface area contributed by atoms with Crippen molar-refractivity contribution in [2.24, 2.45) is 7.05 Å². The molecule has 0 spiro atoms. The second kappa shape index (κ2) is 6.97. The molecule has 0 unspecified atom stereocenters. The zero-order valence-corrected chi connectivity index (χ0v) is 16.0. The maximum atomic E-state index is 4.94. The van der Waals surface area contributed by atoms with Crippen molar-refractivity contribution in [3.63, 3.8) is 0 Å². The maximum Gasteiger partial charge on any atom is 0.137 e. The molecule has 28 heavy (non-hydrogen) atoms. The van der Waals surface area contributed by atoms with Crippen molar-refractivity contribution in [1.82, 2.24) is 9.55 Å². The van der Waals surface area contributed by atoms with Crippen LogP contribution in [0.2, 0.25) is 0 Å². The summed E-state index contributed by atoms with van der Waals surface area (Å²) in [5, 5.41) is 2.62. The van der Waals surface area contributed by atoms with Crippen LogP contribution in [0.5, 0.6) is 0 Å². The van der Waals surface area contributed by atoms with E-state index in [1.54, 1.807) is 0 Å². The average molecular weight is 362 g/mol. The molecule has 1 aliphatic carbocycles. The summed E-state index contributed by atoms with van der Waals surface area (Å²) in [5.74, 6) is 1.04. The number of hydrogen-bond donors (Lipinski definition) is 0. The van der Waals surface area contributed by atoms with E-state index in [4.69, 9.17) is 4.98 Å². The summed E-state index contributed by atoms with van der Waals surface area (Å²) in [5.41, 5.74) is 6.10. The minimum absolute atomic E-state index is 0.855. The van der Waals surface area contributed by atoms with Gasteiger partial charge < -0.3 is 4.57 Å². The summed E-state index contributed by atoms with van der Waals surface area (Å²) in [6.45, 7) is 0. The molecular weight excluding hydrogens is 340 g/mol. The fraction of sp³-hybridized carbons (Fsp3) is 0.115. The molecule has 1 heterocycles. The number of aromatic nitrogens is 2. The first-order valence-corrected chi connectivity index (χ1v) is 9.76. The van der Waals surface area contributed by atoms with E-state index in [1.807, 2.05) is 6.07 Å². The Labute approximate surface area is 165 Å². The second-order valence-electron chi connectivity index (χ2n) is 7.27. The topological polar surface area (TPSA) is 17.8 Å². The van der Waals surface area contributed by atoms with Crippen LogP contribution in [0.25, 0.3) is 33.5 Å². The SMILES string of the molecule is Cn1c(/C2=C/c3ccc4ccccc4c3CC=CC=CC2)nc2ccccc21. The Hall–Kier alpha value is -3.39. The number of benzene rings is 3. The smallest absolute Gasteiger partial charge is 0.137 e. The highest BCUT2D eigenvalue weighted by molar-refractivity contribution is 5.92. The molecule has 0 fully saturated rings. The molecule has 136 valence electrons. The van der Waals surface area contributed by atoms with Gasteiger partial charge in [0.05, 0.1) is 11.0 Å². The number of allylic oxidation sites excluding steroid dienone is 5. The van der Waals surface area contributed by atoms with E-state index >= 15 is 0 Å². The highest BCUT2D eigenvalue weighted by atomic mass is 15.1. The molecule has 0 saturated carbocycles. The molecule has 4 aromatic rings. The van der Waals surface area contributed by atoms with Gasteiger partial charge in [-0.25, -0.2) is 4.98 Å². The van der Waals surface area contributed by atoms with Gasteiger partial charge in [-0.05, 0) is 58.5 Å². The largest absolute Gasteiger partial charge is 0.327 e. The highest BCUT2D eigenvalue weighted by Crippen LogP contribution is 2.30. The van der Waals surface area contributed by atoms with Gasteiger partial charge in [-0.2, -0.15) is 0 Å². The van der Waals surface area contributed by atoms with Crippen molar-refractivity contribution >= 4 is 33.5 Å². The van der Waals surface area contributed by atoms with Gasteiger partial charge in [-0.15, -0.1) is 0 Å². The number of para-hydroxylation sites is 2. The number of nitrogens with zero attached hydrogens (tertiary/aromatic N) is 2. The van der Waals surface area contributed by atoms with Gasteiger partial charge in [-0.3, -0.25) is 0 Å². The van der Waals surface area contributed by atoms with Gasteiger partial charge in [0.2, 0.25) is 0 Å². The summed E-state index contributed by atoms with van der Waals surface area (Å²) in [6.07, 6.45) is 12.9. The zero-order chi connectivity index (χ0) is 18.9. The third kappa shape index (κ3) is 2.87. The van der Waals surface area contributed by atoms with Crippen molar-refractivity contribution in [2.75, 3.05) is 0 Å². The number of rotatable bonds is 1. The van der Waals surface area contributed by atoms with Crippen molar-refractivity contribution in [3.05, 3.63) is 102 Å². The Morgan fingerprint density at radius 3 is 2.50 bits per heavy atom. The van der Waals surface area contributed by atoms with Crippen molar-refractivity contribution in [2.45, 2.75) is 12.8 Å². The molecule has 0 N–H and O–H groups in total. The minimum Gasteiger partial charge on any atom is -0.327 e. The van der Waals surface area contributed by atoms with Crippen LogP contribution in [-0.2, 0) is 13.5 Å². The van der Waals surface area contributed by atoms with Crippen LogP contribution in [0.1, 0.15) is 23.4 Å². The lowest BCUT2D eigenvalue weighted by Crippen LogP contribution is -1.98. The quantitative estimate of drug-likeness (QED) is 0.387. The minimum atomic E-state index is 0.855. The Balaban J connectivity index is 1.75. The predicted molar refractivity (Wildman–Crippen MR) is 119 cm³/mol. The third-order valence-corrected chi connectivity index (χ3v) is 5.52. The lowest BCUT2D eigenvalue weighted by molar-refractivity contribution is 0.916. The molecule has 2 heteroatoms. The van der Waals surface area contributed by atoms with E-state index in [0.717, 1.165) is 29.7 Å². The lowest BCUT2D eigenvalue weighted by atomic mass is 9.94. The molecule has 0 aliphatic heterocycles. The van der Waals surface area contributed by atoms with Crippen molar-refractivity contribution in [3.8, 4) is 0 Å². The number of aryl methyl sites for hydroxylation is 1. The van der Waals surface area contributed by atoms with Crippen LogP contribution in [-0.4, -0.2) is 9.55 Å². The van der Waals surface area contributed by atoms with E-state index in [1.165, 1.54) is 27.5 Å². The Bertz CT molecular complexity index is 1270. The molecule has 0 amide bonds. The second-order valence-corrected chi connectivity index (χ2v) is 7.27. The Morgan fingerprint density at radius 2 is 1.61 bits per heavy atom. The van der Waals surface area contributed by atoms with Crippen LogP contribution < -0.4 is 0 Å². The van der Waals surface area contributed by atoms with E-state index in [9.17, 15) is 0 Å². The summed E-state index contributed by atoms with van der Waals surface area (Å²) in [7, 11) is 2.11. The van der Waals surface area contributed by atoms with Crippen LogP contribution >= 0.6 is 0 Å². The first kappa shape index (κ1) is 16.8. The number of fused-ring (bicyclic) bond motifs is 4. The van der Waals surface area contributed by atoms with Gasteiger partial charge in [0, 0.05) is 7.05 Å². The Morgan fingerprint density at radius 1 is 0.821 bits per heavy atom. The molecule has 0 bridgehead atoms. The van der Waals surface area contributed by atoms with Crippen LogP contribution in [0.15, 0.2) is 85.0 Å². The summed E-state index contributed by atoms with van der Waals surface area (Å²) >= 11 is 0. The van der Waals surface area contributed by atoms with Crippen molar-refractivity contribution in [1.29, 1.82) is 0 Å². The summed E-state index contributed by atoms with van der Waals surface area (Å²) in [4.78, 5) is 4.94. The number of hydrogen-bond acceptors (Lipinski definition) is 1. The first-order chi connectivity index (χ1) is 13.8. The molecule has 2 nitrogen and oxygen atoms in total. The van der Waals surface area contributed by atoms with Gasteiger partial charge in [-0.1, -0.05) is 72.8 Å². The Kier molecular flexibility index (Phi) is 4.17. The summed E-state index contributed by atoms with van der Waals surface area (Å²) in [6, 6.07) is 21.5. The summed E-state index contributed by atoms with van der Waals surface area (Å²) < 4.78 is 2.21. The molecule has 1 aromatic heterocycles. The van der Waals surface area contributed by atoms with E-state index in [0.29, 0.717) is 0 Å². The van der Waals surface area contributed by atoms with Gasteiger partial charge in [0.1, 0.15) is 5.82 Å². The number of imidazole rings is 1. The van der Waals surface area contributed by atoms with E-state index in [-0.39, 0.29) is 0 Å². The predicted octanol–water partition coefficient (Wildman–Crippen LogP) is 6.33. The normalized spacial score (nSPS) is 16.1. The van der Waals surface area contributed by atoms with E-state index < -0.39 is 0 Å². The van der Waals surface area contributed by atoms with Crippen LogP contribution in [0, 0.1) is 0 Å². The van der Waals surface area contributed by atoms with Gasteiger partial charge >= 0.3 is 0 Å². The molecule has 1 aliphatic rings. The van der Waals surface area contributed by atoms with Crippen molar-refractivity contribution < 1.29 is 0 Å². The standard InChI is InChI=1S/C26H22N2/c1-28-25-15-9-8-14-24(25)27-26(28)21-11-4-2-3-5-12-23-20(18-21)17-16-19-10-6-7-13-22(19)23/h2-10,13-18H,11-12H2,1H3/b4-2?,5-3?,21-18+. The highest BCUT2D eigenvalue weighted by Gasteiger charge is 2.13. The molecular formula is C26H22N2. The fourth-order valence-corrected chi connectivity index (χ4v) is 4.09. The lowest BCUT2D eigenvalue weighted by Gasteiger charge is -2.12. The van der Waals surface area contributed by atoms with Gasteiger partial charge in [0.15, 0.2) is 0 Å². The van der Waals surface area contributed by atoms with Crippen LogP contribution in [0.4, 0.5) is 0 Å². The molecule has 5 rings (SSSR count). The third-order valence-electron chi connectivity index (χ3n) is 5.52. The first-order valence-electron chi connectivity index (χ1n) is 9.76. The average Bonchev–Trinajstić information content (AvgIpc) is 3.07.